The monoisotopic (exact) mass is 376 g/mol. The fourth-order valence-electron chi connectivity index (χ4n) is 2.67. The second-order valence-corrected chi connectivity index (χ2v) is 6.49. The van der Waals surface area contributed by atoms with Crippen LogP contribution >= 0.6 is 0 Å². The lowest BCUT2D eigenvalue weighted by Gasteiger charge is -2.19. The normalized spacial score (nSPS) is 10.8. The van der Waals surface area contributed by atoms with E-state index in [1.54, 1.807) is 12.1 Å². The first-order valence-corrected chi connectivity index (χ1v) is 9.25. The third-order valence-corrected chi connectivity index (χ3v) is 4.16. The van der Waals surface area contributed by atoms with Crippen molar-refractivity contribution in [1.82, 2.24) is 0 Å². The third-order valence-electron chi connectivity index (χ3n) is 4.16. The summed E-state index contributed by atoms with van der Waals surface area (Å²) in [7, 11) is 0. The zero-order valence-electron chi connectivity index (χ0n) is 15.9. The minimum Gasteiger partial charge on any atom is -0.457 e. The van der Waals surface area contributed by atoms with Gasteiger partial charge < -0.3 is 14.2 Å². The lowest BCUT2D eigenvalue weighted by molar-refractivity contribution is -0.176. The predicted octanol–water partition coefficient (Wildman–Crippen LogP) is 4.91. The van der Waals surface area contributed by atoms with Crippen molar-refractivity contribution in [2.45, 2.75) is 26.4 Å². The van der Waals surface area contributed by atoms with E-state index in [0.29, 0.717) is 18.8 Å². The summed E-state index contributed by atoms with van der Waals surface area (Å²) >= 11 is 0. The Labute approximate surface area is 165 Å². The molecule has 0 fully saturated rings. The van der Waals surface area contributed by atoms with Crippen LogP contribution in [0.1, 0.15) is 27.0 Å². The Morgan fingerprint density at radius 3 is 1.89 bits per heavy atom. The standard InChI is InChI=1S/C24H24O4/c1-19-9-8-14-22(15-19)24(25)28-18-23(26-16-20-10-4-2-5-11-20)27-17-21-12-6-3-7-13-21/h2-15,23H,16-18H2,1H3. The molecule has 0 saturated heterocycles. The van der Waals surface area contributed by atoms with Gasteiger partial charge >= 0.3 is 5.97 Å². The van der Waals surface area contributed by atoms with Gasteiger partial charge in [-0.2, -0.15) is 0 Å². The van der Waals surface area contributed by atoms with Crippen LogP contribution < -0.4 is 0 Å². The highest BCUT2D eigenvalue weighted by molar-refractivity contribution is 5.89. The van der Waals surface area contributed by atoms with Crippen LogP contribution in [0.4, 0.5) is 0 Å². The van der Waals surface area contributed by atoms with Gasteiger partial charge in [-0.25, -0.2) is 4.79 Å². The van der Waals surface area contributed by atoms with Crippen molar-refractivity contribution in [3.63, 3.8) is 0 Å². The van der Waals surface area contributed by atoms with Crippen molar-refractivity contribution in [1.29, 1.82) is 0 Å². The largest absolute Gasteiger partial charge is 0.457 e. The molecule has 28 heavy (non-hydrogen) atoms. The molecule has 0 saturated carbocycles. The first kappa shape index (κ1) is 19.8. The van der Waals surface area contributed by atoms with E-state index >= 15 is 0 Å². The first-order chi connectivity index (χ1) is 13.7. The van der Waals surface area contributed by atoms with E-state index in [9.17, 15) is 4.79 Å². The highest BCUT2D eigenvalue weighted by Gasteiger charge is 2.15. The van der Waals surface area contributed by atoms with Crippen molar-refractivity contribution in [3.8, 4) is 0 Å². The van der Waals surface area contributed by atoms with Gasteiger partial charge in [-0.15, -0.1) is 0 Å². The van der Waals surface area contributed by atoms with Gasteiger partial charge in [-0.05, 0) is 30.2 Å². The molecule has 3 rings (SSSR count). The number of carbonyl (C=O) groups is 1. The predicted molar refractivity (Wildman–Crippen MR) is 108 cm³/mol. The van der Waals surface area contributed by atoms with Gasteiger partial charge in [0, 0.05) is 0 Å². The molecule has 0 aromatic heterocycles. The molecule has 0 bridgehead atoms. The van der Waals surface area contributed by atoms with Crippen LogP contribution in [-0.4, -0.2) is 18.9 Å². The molecule has 4 nitrogen and oxygen atoms in total. The summed E-state index contributed by atoms with van der Waals surface area (Å²) in [5.41, 5.74) is 3.58. The molecule has 0 radical (unpaired) electrons. The summed E-state index contributed by atoms with van der Waals surface area (Å²) in [6.07, 6.45) is -0.658. The van der Waals surface area contributed by atoms with Gasteiger partial charge in [0.2, 0.25) is 0 Å². The van der Waals surface area contributed by atoms with Gasteiger partial charge in [0.15, 0.2) is 6.29 Å². The Morgan fingerprint density at radius 2 is 1.36 bits per heavy atom. The molecule has 144 valence electrons. The van der Waals surface area contributed by atoms with Crippen LogP contribution in [0.5, 0.6) is 0 Å². The summed E-state index contributed by atoms with van der Waals surface area (Å²) < 4.78 is 17.2. The highest BCUT2D eigenvalue weighted by Crippen LogP contribution is 2.11. The van der Waals surface area contributed by atoms with E-state index in [2.05, 4.69) is 0 Å². The fraction of sp³-hybridized carbons (Fsp3) is 0.208. The van der Waals surface area contributed by atoms with Gasteiger partial charge in [0.25, 0.3) is 0 Å². The van der Waals surface area contributed by atoms with Crippen LogP contribution in [0.2, 0.25) is 0 Å². The molecular formula is C24H24O4. The van der Waals surface area contributed by atoms with Crippen molar-refractivity contribution in [2.75, 3.05) is 6.61 Å². The molecule has 0 unspecified atom stereocenters. The number of benzene rings is 3. The molecule has 0 N–H and O–H groups in total. The highest BCUT2D eigenvalue weighted by atomic mass is 16.7. The number of aryl methyl sites for hydroxylation is 1. The van der Waals surface area contributed by atoms with E-state index in [0.717, 1.165) is 16.7 Å². The third kappa shape index (κ3) is 6.34. The van der Waals surface area contributed by atoms with Crippen LogP contribution in [-0.2, 0) is 27.4 Å². The van der Waals surface area contributed by atoms with Crippen molar-refractivity contribution >= 4 is 5.97 Å². The van der Waals surface area contributed by atoms with Crippen molar-refractivity contribution < 1.29 is 19.0 Å². The van der Waals surface area contributed by atoms with Gasteiger partial charge in [0.1, 0.15) is 6.61 Å². The SMILES string of the molecule is Cc1cccc(C(=O)OCC(OCc2ccccc2)OCc2ccccc2)c1. The Hall–Kier alpha value is -2.95. The molecule has 0 spiro atoms. The van der Waals surface area contributed by atoms with E-state index < -0.39 is 6.29 Å². The number of rotatable bonds is 9. The topological polar surface area (TPSA) is 44.8 Å². The Morgan fingerprint density at radius 1 is 0.786 bits per heavy atom. The minimum atomic E-state index is -0.658. The minimum absolute atomic E-state index is 0.0203. The number of hydrogen-bond acceptors (Lipinski definition) is 4. The molecule has 0 heterocycles. The smallest absolute Gasteiger partial charge is 0.338 e. The molecule has 0 aliphatic carbocycles. The first-order valence-electron chi connectivity index (χ1n) is 9.25. The molecule has 3 aromatic carbocycles. The van der Waals surface area contributed by atoms with E-state index in [1.165, 1.54) is 0 Å². The Kier molecular flexibility index (Phi) is 7.36. The molecule has 0 aliphatic heterocycles. The van der Waals surface area contributed by atoms with Crippen LogP contribution in [0.25, 0.3) is 0 Å². The lowest BCUT2D eigenvalue weighted by Crippen LogP contribution is -2.25. The number of ether oxygens (including phenoxy) is 3. The number of carbonyl (C=O) groups excluding carboxylic acids is 1. The average molecular weight is 376 g/mol. The van der Waals surface area contributed by atoms with E-state index in [4.69, 9.17) is 14.2 Å². The fourth-order valence-corrected chi connectivity index (χ4v) is 2.67. The second kappa shape index (κ2) is 10.4. The maximum Gasteiger partial charge on any atom is 0.338 e. The zero-order chi connectivity index (χ0) is 19.6. The van der Waals surface area contributed by atoms with Crippen LogP contribution in [0.3, 0.4) is 0 Å². The summed E-state index contributed by atoms with van der Waals surface area (Å²) in [5.74, 6) is -0.389. The maximum atomic E-state index is 12.3. The molecule has 4 heteroatoms. The van der Waals surface area contributed by atoms with Gasteiger partial charge in [0.05, 0.1) is 18.8 Å². The second-order valence-electron chi connectivity index (χ2n) is 6.49. The van der Waals surface area contributed by atoms with Crippen LogP contribution in [0, 0.1) is 6.92 Å². The van der Waals surface area contributed by atoms with Crippen molar-refractivity contribution in [3.05, 3.63) is 107 Å². The Bertz CT molecular complexity index is 819. The quantitative estimate of drug-likeness (QED) is 0.393. The van der Waals surface area contributed by atoms with Gasteiger partial charge in [-0.3, -0.25) is 0 Å². The maximum absolute atomic E-state index is 12.3. The summed E-state index contributed by atoms with van der Waals surface area (Å²) in [4.78, 5) is 12.3. The Balaban J connectivity index is 1.58. The molecule has 0 atom stereocenters. The lowest BCUT2D eigenvalue weighted by atomic mass is 10.1. The summed E-state index contributed by atoms with van der Waals surface area (Å²) in [6, 6.07) is 27.0. The van der Waals surface area contributed by atoms with E-state index in [1.807, 2.05) is 79.7 Å². The molecule has 0 amide bonds. The van der Waals surface area contributed by atoms with E-state index in [-0.39, 0.29) is 12.6 Å². The number of esters is 1. The summed E-state index contributed by atoms with van der Waals surface area (Å²) in [5, 5.41) is 0. The van der Waals surface area contributed by atoms with Crippen LogP contribution in [0.15, 0.2) is 84.9 Å². The zero-order valence-corrected chi connectivity index (χ0v) is 15.9. The molecular weight excluding hydrogens is 352 g/mol. The molecule has 3 aromatic rings. The average Bonchev–Trinajstić information content (AvgIpc) is 2.74. The number of hydrogen-bond donors (Lipinski definition) is 0. The molecule has 0 aliphatic rings. The van der Waals surface area contributed by atoms with Crippen molar-refractivity contribution in [2.24, 2.45) is 0 Å². The van der Waals surface area contributed by atoms with Gasteiger partial charge in [-0.1, -0.05) is 78.4 Å². The summed E-state index contributed by atoms with van der Waals surface area (Å²) in [6.45, 7) is 2.71.